The molecule has 0 aliphatic heterocycles. The average molecular weight is 335 g/mol. The van der Waals surface area contributed by atoms with Gasteiger partial charge in [-0.25, -0.2) is 13.1 Å². The Morgan fingerprint density at radius 2 is 1.78 bits per heavy atom. The predicted molar refractivity (Wildman–Crippen MR) is 96.3 cm³/mol. The highest BCUT2D eigenvalue weighted by Crippen LogP contribution is 2.30. The smallest absolute Gasteiger partial charge is 0.241 e. The maximum atomic E-state index is 12.6. The van der Waals surface area contributed by atoms with Gasteiger partial charge in [-0.2, -0.15) is 0 Å². The lowest BCUT2D eigenvalue weighted by Crippen LogP contribution is -2.26. The second-order valence-corrected chi connectivity index (χ2v) is 7.78. The van der Waals surface area contributed by atoms with Gasteiger partial charge in [0.1, 0.15) is 0 Å². The molecule has 1 unspecified atom stereocenters. The van der Waals surface area contributed by atoms with Gasteiger partial charge >= 0.3 is 0 Å². The number of fused-ring (bicyclic) bond motifs is 1. The van der Waals surface area contributed by atoms with E-state index in [1.165, 1.54) is 0 Å². The molecular weight excluding hydrogens is 310 g/mol. The summed E-state index contributed by atoms with van der Waals surface area (Å²) >= 11 is 0. The van der Waals surface area contributed by atoms with Crippen molar-refractivity contribution in [3.05, 3.63) is 36.4 Å². The molecule has 2 aromatic rings. The Morgan fingerprint density at radius 3 is 2.43 bits per heavy atom. The van der Waals surface area contributed by atoms with Crippen LogP contribution in [0.25, 0.3) is 10.8 Å². The van der Waals surface area contributed by atoms with Gasteiger partial charge in [0, 0.05) is 43.1 Å². The number of benzene rings is 2. The van der Waals surface area contributed by atoms with Crippen LogP contribution in [0, 0.1) is 0 Å². The zero-order chi connectivity index (χ0) is 17.0. The van der Waals surface area contributed by atoms with Crippen molar-refractivity contribution in [2.75, 3.05) is 25.5 Å². The minimum Gasteiger partial charge on any atom is -0.377 e. The van der Waals surface area contributed by atoms with E-state index in [2.05, 4.69) is 4.72 Å². The summed E-state index contributed by atoms with van der Waals surface area (Å²) in [5.41, 5.74) is 6.69. The average Bonchev–Trinajstić information content (AvgIpc) is 2.50. The van der Waals surface area contributed by atoms with Crippen LogP contribution in [0.4, 0.5) is 5.69 Å². The first kappa shape index (κ1) is 17.7. The molecule has 0 heterocycles. The monoisotopic (exact) mass is 335 g/mol. The van der Waals surface area contributed by atoms with Gasteiger partial charge in [0.15, 0.2) is 0 Å². The third-order valence-corrected chi connectivity index (χ3v) is 5.28. The van der Waals surface area contributed by atoms with Gasteiger partial charge < -0.3 is 10.6 Å². The van der Waals surface area contributed by atoms with Crippen molar-refractivity contribution in [1.29, 1.82) is 0 Å². The van der Waals surface area contributed by atoms with Crippen molar-refractivity contribution in [3.63, 3.8) is 0 Å². The maximum absolute atomic E-state index is 12.6. The van der Waals surface area contributed by atoms with Crippen LogP contribution in [-0.4, -0.2) is 35.1 Å². The quantitative estimate of drug-likeness (QED) is 0.762. The molecule has 23 heavy (non-hydrogen) atoms. The number of nitrogens with one attached hydrogen (secondary N) is 1. The van der Waals surface area contributed by atoms with Gasteiger partial charge in [0.2, 0.25) is 10.0 Å². The van der Waals surface area contributed by atoms with Crippen molar-refractivity contribution >= 4 is 26.5 Å². The number of sulfonamides is 1. The Balaban J connectivity index is 2.34. The van der Waals surface area contributed by atoms with E-state index in [4.69, 9.17) is 5.73 Å². The standard InChI is InChI=1S/C17H25N3O2S/c1-13(18)7-6-12-19-23(21,22)17-11-5-8-14-15(17)9-4-10-16(14)20(2)3/h4-5,8-11,13,19H,6-7,12,18H2,1-3H3. The van der Waals surface area contributed by atoms with E-state index in [9.17, 15) is 8.42 Å². The van der Waals surface area contributed by atoms with Crippen LogP contribution < -0.4 is 15.4 Å². The first-order chi connectivity index (χ1) is 10.8. The van der Waals surface area contributed by atoms with E-state index in [1.807, 2.05) is 50.2 Å². The molecule has 0 saturated heterocycles. The first-order valence-corrected chi connectivity index (χ1v) is 9.25. The van der Waals surface area contributed by atoms with E-state index >= 15 is 0 Å². The fourth-order valence-electron chi connectivity index (χ4n) is 2.60. The highest BCUT2D eigenvalue weighted by molar-refractivity contribution is 7.89. The van der Waals surface area contributed by atoms with Crippen LogP contribution in [0.15, 0.2) is 41.3 Å². The van der Waals surface area contributed by atoms with Crippen LogP contribution in [0.5, 0.6) is 0 Å². The lowest BCUT2D eigenvalue weighted by Gasteiger charge is -2.17. The molecule has 3 N–H and O–H groups in total. The molecule has 126 valence electrons. The summed E-state index contributed by atoms with van der Waals surface area (Å²) < 4.78 is 27.9. The van der Waals surface area contributed by atoms with Crippen molar-refractivity contribution in [2.45, 2.75) is 30.7 Å². The summed E-state index contributed by atoms with van der Waals surface area (Å²) in [7, 11) is 0.357. The van der Waals surface area contributed by atoms with Crippen LogP contribution >= 0.6 is 0 Å². The zero-order valence-electron chi connectivity index (χ0n) is 13.9. The molecule has 1 atom stereocenters. The number of anilines is 1. The van der Waals surface area contributed by atoms with Crippen molar-refractivity contribution in [1.82, 2.24) is 4.72 Å². The van der Waals surface area contributed by atoms with Gasteiger partial charge in [-0.1, -0.05) is 24.3 Å². The Hall–Kier alpha value is -1.63. The molecule has 0 aliphatic rings. The molecule has 0 amide bonds. The second kappa shape index (κ2) is 7.29. The van der Waals surface area contributed by atoms with Gasteiger partial charge in [-0.3, -0.25) is 0 Å². The normalized spacial score (nSPS) is 13.2. The van der Waals surface area contributed by atoms with Gasteiger partial charge in [0.25, 0.3) is 0 Å². The Kier molecular flexibility index (Phi) is 5.62. The fourth-order valence-corrected chi connectivity index (χ4v) is 3.89. The molecule has 0 spiro atoms. The molecule has 2 aromatic carbocycles. The van der Waals surface area contributed by atoms with Gasteiger partial charge in [0.05, 0.1) is 4.90 Å². The predicted octanol–water partition coefficient (Wildman–Crippen LogP) is 2.31. The number of nitrogens with zero attached hydrogens (tertiary/aromatic N) is 1. The number of hydrogen-bond acceptors (Lipinski definition) is 4. The summed E-state index contributed by atoms with van der Waals surface area (Å²) in [5, 5.41) is 1.66. The second-order valence-electron chi connectivity index (χ2n) is 6.04. The maximum Gasteiger partial charge on any atom is 0.241 e. The minimum atomic E-state index is -3.54. The van der Waals surface area contributed by atoms with Crippen LogP contribution in [0.1, 0.15) is 19.8 Å². The number of rotatable bonds is 7. The summed E-state index contributed by atoms with van der Waals surface area (Å²) in [5.74, 6) is 0. The summed E-state index contributed by atoms with van der Waals surface area (Å²) in [6, 6.07) is 11.2. The Morgan fingerprint density at radius 1 is 1.13 bits per heavy atom. The molecule has 0 fully saturated rings. The topological polar surface area (TPSA) is 75.4 Å². The van der Waals surface area contributed by atoms with Gasteiger partial charge in [-0.15, -0.1) is 0 Å². The summed E-state index contributed by atoms with van der Waals surface area (Å²) in [6.07, 6.45) is 1.52. The lowest BCUT2D eigenvalue weighted by atomic mass is 10.1. The Labute approximate surface area is 138 Å². The molecule has 0 aliphatic carbocycles. The van der Waals surface area contributed by atoms with Crippen LogP contribution in [0.2, 0.25) is 0 Å². The molecule has 2 rings (SSSR count). The molecule has 0 saturated carbocycles. The molecule has 0 bridgehead atoms. The van der Waals surface area contributed by atoms with Crippen molar-refractivity contribution in [2.24, 2.45) is 5.73 Å². The van der Waals surface area contributed by atoms with E-state index in [-0.39, 0.29) is 6.04 Å². The van der Waals surface area contributed by atoms with E-state index < -0.39 is 10.0 Å². The van der Waals surface area contributed by atoms with E-state index in [1.54, 1.807) is 12.1 Å². The van der Waals surface area contributed by atoms with Crippen molar-refractivity contribution < 1.29 is 8.42 Å². The van der Waals surface area contributed by atoms with E-state index in [0.717, 1.165) is 29.3 Å². The highest BCUT2D eigenvalue weighted by atomic mass is 32.2. The third kappa shape index (κ3) is 4.22. The molecule has 6 heteroatoms. The first-order valence-electron chi connectivity index (χ1n) is 7.77. The summed E-state index contributed by atoms with van der Waals surface area (Å²) in [6.45, 7) is 2.32. The van der Waals surface area contributed by atoms with Crippen molar-refractivity contribution in [3.8, 4) is 0 Å². The Bertz CT molecular complexity index is 771. The third-order valence-electron chi connectivity index (χ3n) is 3.76. The largest absolute Gasteiger partial charge is 0.377 e. The minimum absolute atomic E-state index is 0.0831. The fraction of sp³-hybridized carbons (Fsp3) is 0.412. The lowest BCUT2D eigenvalue weighted by molar-refractivity contribution is 0.568. The highest BCUT2D eigenvalue weighted by Gasteiger charge is 2.17. The van der Waals surface area contributed by atoms with E-state index in [0.29, 0.717) is 11.4 Å². The number of nitrogens with two attached hydrogens (primary N) is 1. The molecule has 0 radical (unpaired) electrons. The van der Waals surface area contributed by atoms with Gasteiger partial charge in [-0.05, 0) is 31.9 Å². The zero-order valence-corrected chi connectivity index (χ0v) is 14.7. The summed E-state index contributed by atoms with van der Waals surface area (Å²) in [4.78, 5) is 2.30. The molecule has 5 nitrogen and oxygen atoms in total. The molecule has 0 aromatic heterocycles. The SMILES string of the molecule is CC(N)CCCNS(=O)(=O)c1cccc2c(N(C)C)cccc12. The number of hydrogen-bond donors (Lipinski definition) is 2. The van der Waals surface area contributed by atoms with Crippen LogP contribution in [-0.2, 0) is 10.0 Å². The van der Waals surface area contributed by atoms with Crippen LogP contribution in [0.3, 0.4) is 0 Å². The molecular formula is C17H25N3O2S.